The van der Waals surface area contributed by atoms with Crippen LogP contribution < -0.4 is 31.4 Å². The second-order valence-electron chi connectivity index (χ2n) is 5.46. The van der Waals surface area contributed by atoms with Crippen molar-refractivity contribution in [3.8, 4) is 11.5 Å². The fourth-order valence-corrected chi connectivity index (χ4v) is 2.41. The summed E-state index contributed by atoms with van der Waals surface area (Å²) >= 11 is 0. The molecule has 0 atom stereocenters. The van der Waals surface area contributed by atoms with Crippen LogP contribution in [0.1, 0.15) is 15.9 Å². The largest absolute Gasteiger partial charge is 0.573 e. The van der Waals surface area contributed by atoms with Gasteiger partial charge in [0, 0.05) is 24.7 Å². The van der Waals surface area contributed by atoms with Crippen LogP contribution in [0.25, 0.3) is 0 Å². The van der Waals surface area contributed by atoms with Crippen molar-refractivity contribution in [2.75, 3.05) is 25.3 Å². The van der Waals surface area contributed by atoms with Crippen molar-refractivity contribution < 1.29 is 31.8 Å². The second-order valence-corrected chi connectivity index (χ2v) is 5.46. The van der Waals surface area contributed by atoms with E-state index in [-0.39, 0.29) is 12.1 Å². The highest BCUT2D eigenvalue weighted by Gasteiger charge is 2.32. The van der Waals surface area contributed by atoms with Crippen molar-refractivity contribution in [1.29, 1.82) is 0 Å². The summed E-state index contributed by atoms with van der Waals surface area (Å²) in [6.07, 6.45) is -5.04. The van der Waals surface area contributed by atoms with E-state index in [4.69, 9.17) is 10.5 Å². The molecule has 0 saturated heterocycles. The zero-order valence-corrected chi connectivity index (χ0v) is 14.9. The average Bonchev–Trinajstić information content (AvgIpc) is 2.62. The minimum atomic E-state index is -5.04. The SMILES string of the molecule is CNNc1c(N)ccc(OC)c1CNC(=O)c1ccc(OC(F)(F)F)c(F)c1. The lowest BCUT2D eigenvalue weighted by molar-refractivity contribution is -0.275. The number of carbonyl (C=O) groups is 1. The van der Waals surface area contributed by atoms with Crippen molar-refractivity contribution in [1.82, 2.24) is 10.7 Å². The Hall–Kier alpha value is -3.21. The Morgan fingerprint density at radius 3 is 2.43 bits per heavy atom. The first-order chi connectivity index (χ1) is 13.2. The first-order valence-corrected chi connectivity index (χ1v) is 7.88. The minimum absolute atomic E-state index is 0.0422. The Bertz CT molecular complexity index is 859. The molecule has 0 spiro atoms. The first-order valence-electron chi connectivity index (χ1n) is 7.88. The van der Waals surface area contributed by atoms with Crippen LogP contribution in [-0.4, -0.2) is 26.4 Å². The number of carbonyl (C=O) groups excluding carboxylic acids is 1. The lowest BCUT2D eigenvalue weighted by Gasteiger charge is -2.17. The Balaban J connectivity index is 2.19. The van der Waals surface area contributed by atoms with Crippen LogP contribution in [0.4, 0.5) is 28.9 Å². The van der Waals surface area contributed by atoms with Gasteiger partial charge in [-0.3, -0.25) is 4.79 Å². The Morgan fingerprint density at radius 2 is 1.86 bits per heavy atom. The van der Waals surface area contributed by atoms with Gasteiger partial charge < -0.3 is 25.9 Å². The summed E-state index contributed by atoms with van der Waals surface area (Å²) in [6, 6.07) is 5.62. The van der Waals surface area contributed by atoms with Crippen molar-refractivity contribution in [3.63, 3.8) is 0 Å². The van der Waals surface area contributed by atoms with Gasteiger partial charge in [0.15, 0.2) is 11.6 Å². The van der Waals surface area contributed by atoms with E-state index in [0.29, 0.717) is 28.8 Å². The fourth-order valence-electron chi connectivity index (χ4n) is 2.41. The van der Waals surface area contributed by atoms with Gasteiger partial charge in [0.05, 0.1) is 18.5 Å². The third kappa shape index (κ3) is 5.16. The molecule has 2 rings (SSSR count). The minimum Gasteiger partial charge on any atom is -0.496 e. The van der Waals surface area contributed by atoms with E-state index in [1.54, 1.807) is 19.2 Å². The molecular weight excluding hydrogens is 384 g/mol. The molecule has 28 heavy (non-hydrogen) atoms. The van der Waals surface area contributed by atoms with Gasteiger partial charge in [-0.25, -0.2) is 9.82 Å². The van der Waals surface area contributed by atoms with Crippen LogP contribution in [0.3, 0.4) is 0 Å². The van der Waals surface area contributed by atoms with Gasteiger partial charge in [-0.15, -0.1) is 13.2 Å². The monoisotopic (exact) mass is 402 g/mol. The highest BCUT2D eigenvalue weighted by molar-refractivity contribution is 5.94. The molecular formula is C17H18F4N4O3. The summed E-state index contributed by atoms with van der Waals surface area (Å²) in [5.74, 6) is -2.61. The summed E-state index contributed by atoms with van der Waals surface area (Å²) in [5, 5.41) is 2.54. The maximum atomic E-state index is 13.8. The van der Waals surface area contributed by atoms with Crippen LogP contribution >= 0.6 is 0 Å². The van der Waals surface area contributed by atoms with E-state index in [1.807, 2.05) is 0 Å². The Labute approximate surface area is 157 Å². The molecule has 2 aromatic carbocycles. The molecule has 0 bridgehead atoms. The van der Waals surface area contributed by atoms with E-state index in [1.165, 1.54) is 7.11 Å². The first kappa shape index (κ1) is 21.1. The summed E-state index contributed by atoms with van der Waals surface area (Å²) < 4.78 is 59.1. The molecule has 0 unspecified atom stereocenters. The van der Waals surface area contributed by atoms with Gasteiger partial charge >= 0.3 is 6.36 Å². The smallest absolute Gasteiger partial charge is 0.496 e. The van der Waals surface area contributed by atoms with E-state index < -0.39 is 23.8 Å². The predicted octanol–water partition coefficient (Wildman–Crippen LogP) is 2.79. The lowest BCUT2D eigenvalue weighted by atomic mass is 10.1. The van der Waals surface area contributed by atoms with Crippen molar-refractivity contribution in [2.24, 2.45) is 0 Å². The highest BCUT2D eigenvalue weighted by atomic mass is 19.4. The lowest BCUT2D eigenvalue weighted by Crippen LogP contribution is -2.25. The van der Waals surface area contributed by atoms with E-state index in [2.05, 4.69) is 20.9 Å². The molecule has 7 nitrogen and oxygen atoms in total. The number of hydrazine groups is 1. The zero-order valence-electron chi connectivity index (χ0n) is 14.9. The number of methoxy groups -OCH3 is 1. The van der Waals surface area contributed by atoms with Crippen LogP contribution in [0.2, 0.25) is 0 Å². The molecule has 1 amide bonds. The Morgan fingerprint density at radius 1 is 1.18 bits per heavy atom. The molecule has 2 aromatic rings. The van der Waals surface area contributed by atoms with Gasteiger partial charge in [-0.1, -0.05) is 0 Å². The maximum absolute atomic E-state index is 13.8. The number of benzene rings is 2. The molecule has 0 saturated carbocycles. The molecule has 0 aromatic heterocycles. The standard InChI is InChI=1S/C17H18F4N4O3/c1-23-25-15-10(13(27-2)6-4-12(15)22)8-24-16(26)9-3-5-14(11(18)7-9)28-17(19,20)21/h3-7,23,25H,8,22H2,1-2H3,(H,24,26). The van der Waals surface area contributed by atoms with Crippen LogP contribution in [0.15, 0.2) is 30.3 Å². The molecule has 0 radical (unpaired) electrons. The number of amides is 1. The third-order valence-corrected chi connectivity index (χ3v) is 3.62. The van der Waals surface area contributed by atoms with Crippen molar-refractivity contribution in [3.05, 3.63) is 47.3 Å². The number of nitrogens with two attached hydrogens (primary N) is 1. The van der Waals surface area contributed by atoms with Gasteiger partial charge in [-0.05, 0) is 30.3 Å². The van der Waals surface area contributed by atoms with Crippen LogP contribution in [0, 0.1) is 5.82 Å². The second kappa shape index (κ2) is 8.65. The van der Waals surface area contributed by atoms with Gasteiger partial charge in [0.25, 0.3) is 5.91 Å². The summed E-state index contributed by atoms with van der Waals surface area (Å²) in [6.45, 7) is -0.0422. The summed E-state index contributed by atoms with van der Waals surface area (Å²) in [7, 11) is 3.06. The number of hydrogen-bond donors (Lipinski definition) is 4. The number of ether oxygens (including phenoxy) is 2. The molecule has 0 aliphatic rings. The predicted molar refractivity (Wildman–Crippen MR) is 94.3 cm³/mol. The third-order valence-electron chi connectivity index (χ3n) is 3.62. The number of nitrogens with one attached hydrogen (secondary N) is 3. The number of rotatable bonds is 7. The number of anilines is 2. The molecule has 0 heterocycles. The van der Waals surface area contributed by atoms with E-state index in [9.17, 15) is 22.4 Å². The number of hydrogen-bond acceptors (Lipinski definition) is 6. The van der Waals surface area contributed by atoms with E-state index >= 15 is 0 Å². The van der Waals surface area contributed by atoms with Crippen molar-refractivity contribution in [2.45, 2.75) is 12.9 Å². The molecule has 0 fully saturated rings. The topological polar surface area (TPSA) is 97.6 Å². The maximum Gasteiger partial charge on any atom is 0.573 e. The normalized spacial score (nSPS) is 11.1. The van der Waals surface area contributed by atoms with Gasteiger partial charge in [0.1, 0.15) is 5.75 Å². The number of nitrogen functional groups attached to an aromatic ring is 1. The highest BCUT2D eigenvalue weighted by Crippen LogP contribution is 2.31. The summed E-state index contributed by atoms with van der Waals surface area (Å²) in [4.78, 5) is 12.3. The Kier molecular flexibility index (Phi) is 6.52. The molecule has 5 N–H and O–H groups in total. The fraction of sp³-hybridized carbons (Fsp3) is 0.235. The average molecular weight is 402 g/mol. The quantitative estimate of drug-likeness (QED) is 0.323. The molecule has 0 aliphatic heterocycles. The molecule has 152 valence electrons. The number of halogens is 4. The van der Waals surface area contributed by atoms with Crippen LogP contribution in [-0.2, 0) is 6.54 Å². The molecule has 11 heteroatoms. The molecule has 0 aliphatic carbocycles. The van der Waals surface area contributed by atoms with Gasteiger partial charge in [-0.2, -0.15) is 0 Å². The van der Waals surface area contributed by atoms with Gasteiger partial charge in [0.2, 0.25) is 0 Å². The van der Waals surface area contributed by atoms with Crippen molar-refractivity contribution >= 4 is 17.3 Å². The summed E-state index contributed by atoms with van der Waals surface area (Å²) in [5.41, 5.74) is 12.7. The van der Waals surface area contributed by atoms with Crippen LogP contribution in [0.5, 0.6) is 11.5 Å². The number of alkyl halides is 3. The zero-order chi connectivity index (χ0) is 20.9. The van der Waals surface area contributed by atoms with E-state index in [0.717, 1.165) is 12.1 Å².